The van der Waals surface area contributed by atoms with Gasteiger partial charge < -0.3 is 0 Å². The molecular formula is C15H26O3S. The molecule has 4 heteroatoms. The third kappa shape index (κ3) is 8.78. The van der Waals surface area contributed by atoms with Gasteiger partial charge in [0.2, 0.25) is 0 Å². The van der Waals surface area contributed by atoms with Crippen molar-refractivity contribution in [2.24, 2.45) is 5.92 Å². The zero-order valence-electron chi connectivity index (χ0n) is 12.2. The van der Waals surface area contributed by atoms with Crippen molar-refractivity contribution in [2.75, 3.05) is 0 Å². The van der Waals surface area contributed by atoms with Gasteiger partial charge in [0.1, 0.15) is 0 Å². The average Bonchev–Trinajstić information content (AvgIpc) is 2.39. The van der Waals surface area contributed by atoms with Crippen molar-refractivity contribution < 1.29 is 13.0 Å². The average molecular weight is 286 g/mol. The molecule has 110 valence electrons. The molecule has 0 saturated carbocycles. The Balaban J connectivity index is 0.000000344. The molecule has 1 N–H and O–H groups in total. The highest BCUT2D eigenvalue weighted by Crippen LogP contribution is 2.16. The first-order valence-electron chi connectivity index (χ1n) is 6.98. The fourth-order valence-electron chi connectivity index (χ4n) is 1.96. The van der Waals surface area contributed by atoms with E-state index >= 15 is 0 Å². The minimum absolute atomic E-state index is 0.0741. The SMILES string of the molecule is CCCC(CC)CCC.O=S(=O)(O)c1ccccc1. The van der Waals surface area contributed by atoms with E-state index < -0.39 is 10.1 Å². The van der Waals surface area contributed by atoms with Crippen LogP contribution in [0.3, 0.4) is 0 Å². The highest BCUT2D eigenvalue weighted by molar-refractivity contribution is 7.85. The second kappa shape index (κ2) is 9.98. The molecular weight excluding hydrogens is 260 g/mol. The summed E-state index contributed by atoms with van der Waals surface area (Å²) in [5, 5.41) is 0. The van der Waals surface area contributed by atoms with Gasteiger partial charge in [0.05, 0.1) is 4.90 Å². The van der Waals surface area contributed by atoms with Gasteiger partial charge in [-0.05, 0) is 18.1 Å². The summed E-state index contributed by atoms with van der Waals surface area (Å²) in [6.45, 7) is 6.85. The van der Waals surface area contributed by atoms with Crippen molar-refractivity contribution in [2.45, 2.75) is 57.8 Å². The minimum Gasteiger partial charge on any atom is -0.282 e. The van der Waals surface area contributed by atoms with E-state index in [1.165, 1.54) is 44.2 Å². The van der Waals surface area contributed by atoms with Crippen LogP contribution in [-0.2, 0) is 10.1 Å². The van der Waals surface area contributed by atoms with Crippen LogP contribution in [0.25, 0.3) is 0 Å². The molecule has 0 amide bonds. The summed E-state index contributed by atoms with van der Waals surface area (Å²) in [7, 11) is -4.00. The highest BCUT2D eigenvalue weighted by Gasteiger charge is 2.05. The Kier molecular flexibility index (Phi) is 9.53. The van der Waals surface area contributed by atoms with E-state index in [9.17, 15) is 8.42 Å². The summed E-state index contributed by atoms with van der Waals surface area (Å²) in [5.74, 6) is 1.01. The fraction of sp³-hybridized carbons (Fsp3) is 0.600. The first kappa shape index (κ1) is 18.1. The molecule has 0 fully saturated rings. The van der Waals surface area contributed by atoms with E-state index in [1.807, 2.05) is 0 Å². The van der Waals surface area contributed by atoms with E-state index in [4.69, 9.17) is 4.55 Å². The van der Waals surface area contributed by atoms with Crippen LogP contribution in [0.15, 0.2) is 35.2 Å². The predicted octanol–water partition coefficient (Wildman–Crippen LogP) is 4.55. The van der Waals surface area contributed by atoms with Crippen molar-refractivity contribution in [3.05, 3.63) is 30.3 Å². The summed E-state index contributed by atoms with van der Waals surface area (Å²) in [4.78, 5) is -0.0741. The molecule has 0 atom stereocenters. The van der Waals surface area contributed by atoms with Gasteiger partial charge in [-0.3, -0.25) is 4.55 Å². The molecule has 0 bridgehead atoms. The van der Waals surface area contributed by atoms with Crippen molar-refractivity contribution in [1.82, 2.24) is 0 Å². The maximum absolute atomic E-state index is 10.4. The molecule has 1 aromatic rings. The van der Waals surface area contributed by atoms with Crippen LogP contribution in [0.1, 0.15) is 52.9 Å². The zero-order chi connectivity index (χ0) is 14.7. The highest BCUT2D eigenvalue weighted by atomic mass is 32.2. The van der Waals surface area contributed by atoms with Crippen LogP contribution >= 0.6 is 0 Å². The molecule has 0 aliphatic carbocycles. The summed E-state index contributed by atoms with van der Waals surface area (Å²) >= 11 is 0. The monoisotopic (exact) mass is 286 g/mol. The first-order valence-corrected chi connectivity index (χ1v) is 8.42. The molecule has 1 aromatic carbocycles. The third-order valence-electron chi connectivity index (χ3n) is 3.01. The van der Waals surface area contributed by atoms with Crippen molar-refractivity contribution in [3.8, 4) is 0 Å². The van der Waals surface area contributed by atoms with E-state index in [-0.39, 0.29) is 4.90 Å². The molecule has 0 aliphatic heterocycles. The van der Waals surface area contributed by atoms with Gasteiger partial charge in [0.15, 0.2) is 0 Å². The Bertz CT molecular complexity index is 406. The van der Waals surface area contributed by atoms with Crippen molar-refractivity contribution >= 4 is 10.1 Å². The number of benzene rings is 1. The third-order valence-corrected chi connectivity index (χ3v) is 3.88. The summed E-state index contributed by atoms with van der Waals surface area (Å²) in [5.41, 5.74) is 0. The smallest absolute Gasteiger partial charge is 0.282 e. The van der Waals surface area contributed by atoms with Crippen molar-refractivity contribution in [1.29, 1.82) is 0 Å². The Morgan fingerprint density at radius 1 is 1.00 bits per heavy atom. The molecule has 0 spiro atoms. The lowest BCUT2D eigenvalue weighted by atomic mass is 9.96. The molecule has 0 aromatic heterocycles. The number of hydrogen-bond donors (Lipinski definition) is 1. The predicted molar refractivity (Wildman–Crippen MR) is 79.9 cm³/mol. The summed E-state index contributed by atoms with van der Waals surface area (Å²) in [6.07, 6.45) is 6.97. The lowest BCUT2D eigenvalue weighted by molar-refractivity contribution is 0.427. The molecule has 19 heavy (non-hydrogen) atoms. The number of rotatable bonds is 6. The van der Waals surface area contributed by atoms with Crippen LogP contribution < -0.4 is 0 Å². The van der Waals surface area contributed by atoms with Gasteiger partial charge >= 0.3 is 0 Å². The fourth-order valence-corrected chi connectivity index (χ4v) is 2.46. The zero-order valence-corrected chi connectivity index (χ0v) is 13.0. The lowest BCUT2D eigenvalue weighted by Gasteiger charge is -2.10. The van der Waals surface area contributed by atoms with Gasteiger partial charge in [0.25, 0.3) is 10.1 Å². The van der Waals surface area contributed by atoms with Crippen LogP contribution in [0, 0.1) is 5.92 Å². The van der Waals surface area contributed by atoms with Crippen molar-refractivity contribution in [3.63, 3.8) is 0 Å². The van der Waals surface area contributed by atoms with Gasteiger partial charge in [0, 0.05) is 0 Å². The van der Waals surface area contributed by atoms with Crippen LogP contribution in [0.5, 0.6) is 0 Å². The second-order valence-electron chi connectivity index (χ2n) is 4.64. The molecule has 0 saturated heterocycles. The maximum atomic E-state index is 10.4. The van der Waals surface area contributed by atoms with Gasteiger partial charge in [-0.15, -0.1) is 0 Å². The van der Waals surface area contributed by atoms with E-state index in [1.54, 1.807) is 18.2 Å². The Hall–Kier alpha value is -0.870. The Labute approximate surface area is 117 Å². The van der Waals surface area contributed by atoms with Crippen LogP contribution in [0.4, 0.5) is 0 Å². The van der Waals surface area contributed by atoms with E-state index in [0.29, 0.717) is 0 Å². The molecule has 0 radical (unpaired) electrons. The molecule has 3 nitrogen and oxygen atoms in total. The molecule has 0 unspecified atom stereocenters. The number of hydrogen-bond acceptors (Lipinski definition) is 2. The quantitative estimate of drug-likeness (QED) is 0.781. The second-order valence-corrected chi connectivity index (χ2v) is 6.06. The van der Waals surface area contributed by atoms with Gasteiger partial charge in [-0.2, -0.15) is 8.42 Å². The topological polar surface area (TPSA) is 54.4 Å². The molecule has 0 aliphatic rings. The maximum Gasteiger partial charge on any atom is 0.294 e. The lowest BCUT2D eigenvalue weighted by Crippen LogP contribution is -1.96. The normalized spacial score (nSPS) is 11.0. The van der Waals surface area contributed by atoms with Crippen LogP contribution in [0.2, 0.25) is 0 Å². The van der Waals surface area contributed by atoms with Gasteiger partial charge in [-0.25, -0.2) is 0 Å². The summed E-state index contributed by atoms with van der Waals surface area (Å²) in [6, 6.07) is 7.42. The molecule has 1 rings (SSSR count). The minimum atomic E-state index is -4.00. The van der Waals surface area contributed by atoms with Gasteiger partial charge in [-0.1, -0.05) is 71.1 Å². The van der Waals surface area contributed by atoms with E-state index in [2.05, 4.69) is 20.8 Å². The Morgan fingerprint density at radius 3 is 1.74 bits per heavy atom. The largest absolute Gasteiger partial charge is 0.294 e. The van der Waals surface area contributed by atoms with Crippen LogP contribution in [-0.4, -0.2) is 13.0 Å². The molecule has 0 heterocycles. The van der Waals surface area contributed by atoms with E-state index in [0.717, 1.165) is 5.92 Å². The standard InChI is InChI=1S/C9H20.C6H6O3S/c1-4-7-9(6-3)8-5-2;7-10(8,9)6-4-2-1-3-5-6/h9H,4-8H2,1-3H3;1-5H,(H,7,8,9). The Morgan fingerprint density at radius 2 is 1.47 bits per heavy atom. The first-order chi connectivity index (χ1) is 8.95. The summed E-state index contributed by atoms with van der Waals surface area (Å²) < 4.78 is 29.2.